The zero-order chi connectivity index (χ0) is 13.8. The molecule has 1 aromatic carbocycles. The Balaban J connectivity index is 2.42. The summed E-state index contributed by atoms with van der Waals surface area (Å²) in [5, 5.41) is 0. The SMILES string of the molecule is CC=CN1C=C(c2cccc(C)c2)C(=O)C(CC)C1. The van der Waals surface area contributed by atoms with E-state index in [-0.39, 0.29) is 11.7 Å². The molecular formula is C17H21NO. The van der Waals surface area contributed by atoms with E-state index in [1.165, 1.54) is 5.56 Å². The molecule has 0 amide bonds. The minimum atomic E-state index is 0.0942. The molecule has 0 spiro atoms. The Morgan fingerprint density at radius 1 is 1.42 bits per heavy atom. The first-order chi connectivity index (χ1) is 9.15. The van der Waals surface area contributed by atoms with Crippen LogP contribution in [-0.4, -0.2) is 17.2 Å². The topological polar surface area (TPSA) is 20.3 Å². The predicted octanol–water partition coefficient (Wildman–Crippen LogP) is 3.78. The molecule has 0 aromatic heterocycles. The van der Waals surface area contributed by atoms with Crippen molar-refractivity contribution in [2.75, 3.05) is 6.54 Å². The number of Topliss-reactive ketones (excluding diaryl/α,β-unsaturated/α-hetero) is 1. The number of allylic oxidation sites excluding steroid dienone is 2. The molecule has 0 saturated heterocycles. The van der Waals surface area contributed by atoms with Gasteiger partial charge in [0.1, 0.15) is 0 Å². The molecule has 0 radical (unpaired) electrons. The first kappa shape index (κ1) is 13.6. The predicted molar refractivity (Wildman–Crippen MR) is 79.5 cm³/mol. The largest absolute Gasteiger partial charge is 0.353 e. The molecule has 0 saturated carbocycles. The van der Waals surface area contributed by atoms with Crippen molar-refractivity contribution in [1.82, 2.24) is 4.90 Å². The fourth-order valence-electron chi connectivity index (χ4n) is 2.48. The monoisotopic (exact) mass is 255 g/mol. The average molecular weight is 255 g/mol. The first-order valence-corrected chi connectivity index (χ1v) is 6.87. The molecule has 2 rings (SSSR count). The van der Waals surface area contributed by atoms with Gasteiger partial charge in [-0.2, -0.15) is 0 Å². The second-order valence-corrected chi connectivity index (χ2v) is 5.06. The van der Waals surface area contributed by atoms with Crippen molar-refractivity contribution in [2.45, 2.75) is 27.2 Å². The van der Waals surface area contributed by atoms with E-state index in [2.05, 4.69) is 30.9 Å². The average Bonchev–Trinajstić information content (AvgIpc) is 2.41. The maximum Gasteiger partial charge on any atom is 0.169 e. The van der Waals surface area contributed by atoms with Crippen molar-refractivity contribution in [2.24, 2.45) is 5.92 Å². The minimum Gasteiger partial charge on any atom is -0.353 e. The number of aryl methyl sites for hydroxylation is 1. The maximum atomic E-state index is 12.5. The van der Waals surface area contributed by atoms with Crippen molar-refractivity contribution >= 4 is 11.4 Å². The Morgan fingerprint density at radius 2 is 2.21 bits per heavy atom. The van der Waals surface area contributed by atoms with Crippen LogP contribution in [-0.2, 0) is 4.79 Å². The van der Waals surface area contributed by atoms with Crippen LogP contribution < -0.4 is 0 Å². The van der Waals surface area contributed by atoms with E-state index in [0.29, 0.717) is 0 Å². The number of rotatable bonds is 3. The number of nitrogens with zero attached hydrogens (tertiary/aromatic N) is 1. The third kappa shape index (κ3) is 2.95. The van der Waals surface area contributed by atoms with Gasteiger partial charge in [-0.25, -0.2) is 0 Å². The Morgan fingerprint density at radius 3 is 2.84 bits per heavy atom. The number of carbonyl (C=O) groups excluding carboxylic acids is 1. The third-order valence-electron chi connectivity index (χ3n) is 3.52. The lowest BCUT2D eigenvalue weighted by Crippen LogP contribution is -2.32. The molecule has 1 aromatic rings. The quantitative estimate of drug-likeness (QED) is 0.819. The minimum absolute atomic E-state index is 0.0942. The fraction of sp³-hybridized carbons (Fsp3) is 0.353. The Bertz CT molecular complexity index is 528. The van der Waals surface area contributed by atoms with Gasteiger partial charge in [-0.15, -0.1) is 0 Å². The van der Waals surface area contributed by atoms with E-state index in [1.54, 1.807) is 0 Å². The summed E-state index contributed by atoms with van der Waals surface area (Å²) in [6, 6.07) is 8.16. The van der Waals surface area contributed by atoms with Gasteiger partial charge in [0, 0.05) is 24.2 Å². The molecule has 2 heteroatoms. The zero-order valence-corrected chi connectivity index (χ0v) is 11.9. The third-order valence-corrected chi connectivity index (χ3v) is 3.52. The van der Waals surface area contributed by atoms with Gasteiger partial charge in [0.15, 0.2) is 5.78 Å². The van der Waals surface area contributed by atoms with E-state index >= 15 is 0 Å². The van der Waals surface area contributed by atoms with E-state index in [0.717, 1.165) is 24.1 Å². The highest BCUT2D eigenvalue weighted by molar-refractivity contribution is 6.22. The molecule has 1 atom stereocenters. The highest BCUT2D eigenvalue weighted by Gasteiger charge is 2.27. The molecule has 0 N–H and O–H groups in total. The van der Waals surface area contributed by atoms with Gasteiger partial charge in [0.2, 0.25) is 0 Å². The van der Waals surface area contributed by atoms with E-state index in [4.69, 9.17) is 0 Å². The van der Waals surface area contributed by atoms with Gasteiger partial charge in [-0.05, 0) is 32.0 Å². The molecule has 1 aliphatic heterocycles. The molecule has 19 heavy (non-hydrogen) atoms. The summed E-state index contributed by atoms with van der Waals surface area (Å²) in [6.45, 7) is 6.92. The lowest BCUT2D eigenvalue weighted by molar-refractivity contribution is -0.118. The van der Waals surface area contributed by atoms with Gasteiger partial charge >= 0.3 is 0 Å². The fourth-order valence-corrected chi connectivity index (χ4v) is 2.48. The molecule has 0 bridgehead atoms. The smallest absolute Gasteiger partial charge is 0.169 e. The summed E-state index contributed by atoms with van der Waals surface area (Å²) in [6.07, 6.45) is 6.90. The van der Waals surface area contributed by atoms with Crippen LogP contribution in [0.2, 0.25) is 0 Å². The summed E-state index contributed by atoms with van der Waals surface area (Å²) in [7, 11) is 0. The van der Waals surface area contributed by atoms with Gasteiger partial charge in [-0.3, -0.25) is 4.79 Å². The molecule has 0 fully saturated rings. The van der Waals surface area contributed by atoms with Gasteiger partial charge in [0.05, 0.1) is 0 Å². The summed E-state index contributed by atoms with van der Waals surface area (Å²) >= 11 is 0. The van der Waals surface area contributed by atoms with Crippen LogP contribution in [0.15, 0.2) is 42.7 Å². The molecule has 1 heterocycles. The van der Waals surface area contributed by atoms with Gasteiger partial charge in [-0.1, -0.05) is 42.8 Å². The lowest BCUT2D eigenvalue weighted by atomic mass is 9.88. The summed E-state index contributed by atoms with van der Waals surface area (Å²) < 4.78 is 0. The Labute approximate surface area is 115 Å². The van der Waals surface area contributed by atoms with Crippen LogP contribution in [0.5, 0.6) is 0 Å². The van der Waals surface area contributed by atoms with Gasteiger partial charge in [0.25, 0.3) is 0 Å². The first-order valence-electron chi connectivity index (χ1n) is 6.87. The number of carbonyl (C=O) groups is 1. The van der Waals surface area contributed by atoms with Crippen LogP contribution in [0.3, 0.4) is 0 Å². The van der Waals surface area contributed by atoms with Gasteiger partial charge < -0.3 is 4.90 Å². The number of ketones is 1. The van der Waals surface area contributed by atoms with Crippen LogP contribution in [0.1, 0.15) is 31.4 Å². The van der Waals surface area contributed by atoms with Crippen molar-refractivity contribution in [3.63, 3.8) is 0 Å². The van der Waals surface area contributed by atoms with Crippen molar-refractivity contribution in [3.8, 4) is 0 Å². The Hall–Kier alpha value is -1.83. The van der Waals surface area contributed by atoms with E-state index < -0.39 is 0 Å². The van der Waals surface area contributed by atoms with Crippen molar-refractivity contribution in [3.05, 3.63) is 53.9 Å². The molecular weight excluding hydrogens is 234 g/mol. The molecule has 1 unspecified atom stereocenters. The van der Waals surface area contributed by atoms with E-state index in [1.807, 2.05) is 37.5 Å². The molecule has 2 nitrogen and oxygen atoms in total. The standard InChI is InChI=1S/C17H21NO/c1-4-9-18-11-14(5-2)17(19)16(12-18)15-8-6-7-13(3)10-15/h4,6-10,12,14H,5,11H2,1-3H3. The number of hydrogen-bond acceptors (Lipinski definition) is 2. The zero-order valence-electron chi connectivity index (χ0n) is 11.9. The van der Waals surface area contributed by atoms with Crippen LogP contribution in [0.4, 0.5) is 0 Å². The summed E-state index contributed by atoms with van der Waals surface area (Å²) in [5.74, 6) is 0.366. The van der Waals surface area contributed by atoms with Crippen molar-refractivity contribution in [1.29, 1.82) is 0 Å². The highest BCUT2D eigenvalue weighted by Crippen LogP contribution is 2.27. The number of benzene rings is 1. The second-order valence-electron chi connectivity index (χ2n) is 5.06. The maximum absolute atomic E-state index is 12.5. The molecule has 100 valence electrons. The highest BCUT2D eigenvalue weighted by atomic mass is 16.1. The van der Waals surface area contributed by atoms with Crippen LogP contribution >= 0.6 is 0 Å². The Kier molecular flexibility index (Phi) is 4.20. The van der Waals surface area contributed by atoms with Crippen LogP contribution in [0, 0.1) is 12.8 Å². The summed E-state index contributed by atoms with van der Waals surface area (Å²) in [4.78, 5) is 14.6. The van der Waals surface area contributed by atoms with Crippen molar-refractivity contribution < 1.29 is 4.79 Å². The lowest BCUT2D eigenvalue weighted by Gasteiger charge is -2.29. The summed E-state index contributed by atoms with van der Waals surface area (Å²) in [5.41, 5.74) is 3.04. The number of hydrogen-bond donors (Lipinski definition) is 0. The van der Waals surface area contributed by atoms with Crippen LogP contribution in [0.25, 0.3) is 5.57 Å². The normalized spacial score (nSPS) is 19.9. The molecule has 1 aliphatic rings. The second kappa shape index (κ2) is 5.87. The van der Waals surface area contributed by atoms with E-state index in [9.17, 15) is 4.79 Å². The molecule has 0 aliphatic carbocycles.